The number of ether oxygens (including phenoxy) is 1. The predicted octanol–water partition coefficient (Wildman–Crippen LogP) is 2.32. The first-order valence-electron chi connectivity index (χ1n) is 3.98. The average Bonchev–Trinajstić information content (AvgIpc) is 2.16. The normalized spacial score (nSPS) is 10.7. The molecule has 0 amide bonds. The zero-order valence-electron chi connectivity index (χ0n) is 7.46. The van der Waals surface area contributed by atoms with Gasteiger partial charge in [0, 0.05) is 6.54 Å². The smallest absolute Gasteiger partial charge is 0.138 e. The van der Waals surface area contributed by atoms with Crippen molar-refractivity contribution < 1.29 is 4.74 Å². The molecule has 0 unspecified atom stereocenters. The van der Waals surface area contributed by atoms with E-state index >= 15 is 0 Å². The molecule has 1 aromatic rings. The standard InChI is InChI=1S/C10H12ClNO/c1-13-9-6-2-4-8(10(9)11)5-3-7-12/h2-6H,7,12H2,1H3/b5-3+. The van der Waals surface area contributed by atoms with Crippen LogP contribution in [-0.2, 0) is 0 Å². The van der Waals surface area contributed by atoms with Crippen LogP contribution in [0.15, 0.2) is 24.3 Å². The average molecular weight is 198 g/mol. The molecule has 13 heavy (non-hydrogen) atoms. The van der Waals surface area contributed by atoms with E-state index in [-0.39, 0.29) is 0 Å². The third kappa shape index (κ3) is 2.47. The van der Waals surface area contributed by atoms with Crippen molar-refractivity contribution in [3.05, 3.63) is 34.9 Å². The molecule has 0 saturated heterocycles. The number of rotatable bonds is 3. The quantitative estimate of drug-likeness (QED) is 0.807. The minimum Gasteiger partial charge on any atom is -0.495 e. The summed E-state index contributed by atoms with van der Waals surface area (Å²) in [5.74, 6) is 0.681. The molecule has 0 radical (unpaired) electrons. The molecular weight excluding hydrogens is 186 g/mol. The van der Waals surface area contributed by atoms with Gasteiger partial charge in [0.05, 0.1) is 12.1 Å². The summed E-state index contributed by atoms with van der Waals surface area (Å²) in [6.07, 6.45) is 3.73. The van der Waals surface area contributed by atoms with Gasteiger partial charge < -0.3 is 10.5 Å². The first-order chi connectivity index (χ1) is 6.29. The van der Waals surface area contributed by atoms with Crippen molar-refractivity contribution >= 4 is 17.7 Å². The molecule has 0 aliphatic heterocycles. The largest absolute Gasteiger partial charge is 0.495 e. The van der Waals surface area contributed by atoms with E-state index in [1.54, 1.807) is 7.11 Å². The zero-order valence-corrected chi connectivity index (χ0v) is 8.21. The third-order valence-corrected chi connectivity index (χ3v) is 2.05. The Morgan fingerprint density at radius 1 is 1.54 bits per heavy atom. The second kappa shape index (κ2) is 4.90. The summed E-state index contributed by atoms with van der Waals surface area (Å²) in [5, 5.41) is 0.620. The second-order valence-corrected chi connectivity index (χ2v) is 2.88. The van der Waals surface area contributed by atoms with Gasteiger partial charge in [-0.25, -0.2) is 0 Å². The lowest BCUT2D eigenvalue weighted by Gasteiger charge is -2.04. The van der Waals surface area contributed by atoms with Gasteiger partial charge in [-0.05, 0) is 11.6 Å². The lowest BCUT2D eigenvalue weighted by Crippen LogP contribution is -1.92. The highest BCUT2D eigenvalue weighted by Gasteiger charge is 2.02. The number of methoxy groups -OCH3 is 1. The van der Waals surface area contributed by atoms with Gasteiger partial charge in [0.1, 0.15) is 5.75 Å². The molecular formula is C10H12ClNO. The van der Waals surface area contributed by atoms with Gasteiger partial charge in [-0.3, -0.25) is 0 Å². The van der Waals surface area contributed by atoms with Crippen LogP contribution in [0.1, 0.15) is 5.56 Å². The summed E-state index contributed by atoms with van der Waals surface area (Å²) in [7, 11) is 1.59. The Bertz CT molecular complexity index is 310. The van der Waals surface area contributed by atoms with Crippen LogP contribution in [0.3, 0.4) is 0 Å². The van der Waals surface area contributed by atoms with Crippen LogP contribution in [0.2, 0.25) is 5.02 Å². The summed E-state index contributed by atoms with van der Waals surface area (Å²) in [6.45, 7) is 0.507. The van der Waals surface area contributed by atoms with Crippen LogP contribution < -0.4 is 10.5 Å². The van der Waals surface area contributed by atoms with Crippen molar-refractivity contribution in [1.82, 2.24) is 0 Å². The summed E-state index contributed by atoms with van der Waals surface area (Å²) in [5.41, 5.74) is 6.26. The Morgan fingerprint density at radius 2 is 2.31 bits per heavy atom. The maximum Gasteiger partial charge on any atom is 0.138 e. The molecule has 0 saturated carbocycles. The van der Waals surface area contributed by atoms with Crippen LogP contribution in [0, 0.1) is 0 Å². The van der Waals surface area contributed by atoms with Gasteiger partial charge >= 0.3 is 0 Å². The molecule has 0 heterocycles. The molecule has 0 aromatic heterocycles. The topological polar surface area (TPSA) is 35.2 Å². The minimum atomic E-state index is 0.507. The highest BCUT2D eigenvalue weighted by Crippen LogP contribution is 2.28. The molecule has 70 valence electrons. The van der Waals surface area contributed by atoms with Gasteiger partial charge in [-0.2, -0.15) is 0 Å². The highest BCUT2D eigenvalue weighted by atomic mass is 35.5. The maximum absolute atomic E-state index is 6.03. The molecule has 2 N–H and O–H groups in total. The number of halogens is 1. The molecule has 0 bridgehead atoms. The van der Waals surface area contributed by atoms with Crippen LogP contribution in [0.25, 0.3) is 6.08 Å². The molecule has 0 aliphatic rings. The van der Waals surface area contributed by atoms with Crippen LogP contribution in [0.4, 0.5) is 0 Å². The SMILES string of the molecule is COc1cccc(/C=C/CN)c1Cl. The fourth-order valence-electron chi connectivity index (χ4n) is 1.01. The van der Waals surface area contributed by atoms with E-state index in [0.29, 0.717) is 17.3 Å². The molecule has 3 heteroatoms. The van der Waals surface area contributed by atoms with Gasteiger partial charge in [-0.15, -0.1) is 0 Å². The van der Waals surface area contributed by atoms with Crippen LogP contribution >= 0.6 is 11.6 Å². The first kappa shape index (κ1) is 10.1. The van der Waals surface area contributed by atoms with Crippen LogP contribution in [0.5, 0.6) is 5.75 Å². The Labute approximate surface area is 83.0 Å². The number of hydrogen-bond acceptors (Lipinski definition) is 2. The fourth-order valence-corrected chi connectivity index (χ4v) is 1.28. The van der Waals surface area contributed by atoms with Crippen molar-refractivity contribution in [3.8, 4) is 5.75 Å². The Morgan fingerprint density at radius 3 is 2.92 bits per heavy atom. The molecule has 2 nitrogen and oxygen atoms in total. The van der Waals surface area contributed by atoms with Gasteiger partial charge in [-0.1, -0.05) is 35.9 Å². The fraction of sp³-hybridized carbons (Fsp3) is 0.200. The third-order valence-electron chi connectivity index (χ3n) is 1.65. The number of hydrogen-bond donors (Lipinski definition) is 1. The van der Waals surface area contributed by atoms with Crippen molar-refractivity contribution in [3.63, 3.8) is 0 Å². The van der Waals surface area contributed by atoms with Crippen molar-refractivity contribution in [1.29, 1.82) is 0 Å². The summed E-state index contributed by atoms with van der Waals surface area (Å²) >= 11 is 6.03. The number of benzene rings is 1. The molecule has 1 aromatic carbocycles. The summed E-state index contributed by atoms with van der Waals surface area (Å²) < 4.78 is 5.07. The van der Waals surface area contributed by atoms with E-state index in [1.807, 2.05) is 30.4 Å². The van der Waals surface area contributed by atoms with E-state index in [4.69, 9.17) is 22.1 Å². The molecule has 0 spiro atoms. The molecule has 0 atom stereocenters. The summed E-state index contributed by atoms with van der Waals surface area (Å²) in [4.78, 5) is 0. The van der Waals surface area contributed by atoms with E-state index < -0.39 is 0 Å². The summed E-state index contributed by atoms with van der Waals surface area (Å²) in [6, 6.07) is 5.63. The van der Waals surface area contributed by atoms with Gasteiger partial charge in [0.2, 0.25) is 0 Å². The molecule has 0 aliphatic carbocycles. The van der Waals surface area contributed by atoms with Crippen molar-refractivity contribution in [2.75, 3.05) is 13.7 Å². The maximum atomic E-state index is 6.03. The number of nitrogens with two attached hydrogens (primary N) is 1. The predicted molar refractivity (Wildman–Crippen MR) is 56.1 cm³/mol. The highest BCUT2D eigenvalue weighted by molar-refractivity contribution is 6.33. The molecule has 0 fully saturated rings. The first-order valence-corrected chi connectivity index (χ1v) is 4.36. The molecule has 1 rings (SSSR count). The van der Waals surface area contributed by atoms with Crippen molar-refractivity contribution in [2.45, 2.75) is 0 Å². The van der Waals surface area contributed by atoms with Crippen LogP contribution in [-0.4, -0.2) is 13.7 Å². The van der Waals surface area contributed by atoms with Crippen molar-refractivity contribution in [2.24, 2.45) is 5.73 Å². The lowest BCUT2D eigenvalue weighted by atomic mass is 10.2. The minimum absolute atomic E-state index is 0.507. The van der Waals surface area contributed by atoms with E-state index in [0.717, 1.165) is 5.56 Å². The Kier molecular flexibility index (Phi) is 3.80. The van der Waals surface area contributed by atoms with E-state index in [2.05, 4.69) is 0 Å². The lowest BCUT2D eigenvalue weighted by molar-refractivity contribution is 0.415. The van der Waals surface area contributed by atoms with E-state index in [9.17, 15) is 0 Å². The monoisotopic (exact) mass is 197 g/mol. The Balaban J connectivity index is 3.01. The second-order valence-electron chi connectivity index (χ2n) is 2.50. The zero-order chi connectivity index (χ0) is 9.68. The van der Waals surface area contributed by atoms with Gasteiger partial charge in [0.15, 0.2) is 0 Å². The van der Waals surface area contributed by atoms with Gasteiger partial charge in [0.25, 0.3) is 0 Å². The Hall–Kier alpha value is -0.990. The van der Waals surface area contributed by atoms with E-state index in [1.165, 1.54) is 0 Å².